The molecule has 0 fully saturated rings. The molecule has 0 aliphatic heterocycles. The molecule has 0 spiro atoms. The third-order valence-corrected chi connectivity index (χ3v) is 10.5. The van der Waals surface area contributed by atoms with Gasteiger partial charge in [0.05, 0.1) is 44.7 Å². The lowest BCUT2D eigenvalue weighted by molar-refractivity contribution is -0.142. The Labute approximate surface area is 379 Å². The average molecular weight is 959 g/mol. The monoisotopic (exact) mass is 957 g/mol. The van der Waals surface area contributed by atoms with Crippen LogP contribution in [0.1, 0.15) is 116 Å². The van der Waals surface area contributed by atoms with Gasteiger partial charge in [0.2, 0.25) is 17.7 Å². The molecule has 0 saturated heterocycles. The van der Waals surface area contributed by atoms with E-state index in [-0.39, 0.29) is 107 Å². The minimum atomic E-state index is -4.78. The Kier molecular flexibility index (Phi) is 32.5. The van der Waals surface area contributed by atoms with Gasteiger partial charge in [-0.3, -0.25) is 23.7 Å². The number of esters is 1. The van der Waals surface area contributed by atoms with Gasteiger partial charge < -0.3 is 49.8 Å². The molecule has 63 heavy (non-hydrogen) atoms. The number of benzene rings is 1. The molecule has 22 heteroatoms. The Hall–Kier alpha value is -3.63. The van der Waals surface area contributed by atoms with Crippen LogP contribution in [0, 0.1) is 0 Å². The van der Waals surface area contributed by atoms with Crippen molar-refractivity contribution >= 4 is 68.9 Å². The lowest BCUT2D eigenvalue weighted by Gasteiger charge is -2.14. The van der Waals surface area contributed by atoms with E-state index in [1.165, 1.54) is 38.5 Å². The molecule has 0 unspecified atom stereocenters. The van der Waals surface area contributed by atoms with Crippen molar-refractivity contribution in [1.29, 1.82) is 0 Å². The molecular weight excluding hydrogens is 893 g/mol. The first-order valence-corrected chi connectivity index (χ1v) is 23.5. The van der Waals surface area contributed by atoms with Crippen molar-refractivity contribution < 1.29 is 75.6 Å². The number of aliphatic carboxylic acids is 2. The summed E-state index contributed by atoms with van der Waals surface area (Å²) in [6.07, 6.45) is 15.2. The molecule has 1 rings (SSSR count). The SMILES string of the molecule is O=C(O)CCCCCCCCCCCCCCCCC(=O)N[C@@H](CCC(=O)NCCOCCOCC(=O)NCCOCCOCC(=O)Oc1c(Cl)cc(Cl)cc1S(=O)(=O)O)C(=O)O. The minimum Gasteiger partial charge on any atom is -0.481 e. The van der Waals surface area contributed by atoms with Gasteiger partial charge in [0.15, 0.2) is 5.75 Å². The standard InChI is InChI=1S/C41H65Cl2N3O16S/c42-31-27-32(43)40(34(28-31)63(55,56)57)62-39(52)30-61-26-24-59-22-20-45-37(49)29-60-25-23-58-21-19-44-35(47)18-17-33(41(53)54)46-36(48)15-13-11-9-7-5-3-1-2-4-6-8-10-12-14-16-38(50)51/h27-28,33H,1-26,29-30H2,(H,44,47)(H,45,49)(H,46,48)(H,50,51)(H,53,54)(H,55,56,57)/t33-/m0/s1. The van der Waals surface area contributed by atoms with Gasteiger partial charge in [-0.15, -0.1) is 0 Å². The van der Waals surface area contributed by atoms with Gasteiger partial charge in [0, 0.05) is 37.4 Å². The number of rotatable bonds is 40. The third kappa shape index (κ3) is 31.8. The number of unbranched alkanes of at least 4 members (excludes halogenated alkanes) is 13. The molecule has 0 bridgehead atoms. The highest BCUT2D eigenvalue weighted by atomic mass is 35.5. The van der Waals surface area contributed by atoms with Crippen LogP contribution in [-0.4, -0.2) is 131 Å². The largest absolute Gasteiger partial charge is 0.481 e. The summed E-state index contributed by atoms with van der Waals surface area (Å²) in [5.41, 5.74) is 0. The van der Waals surface area contributed by atoms with Crippen LogP contribution < -0.4 is 20.7 Å². The van der Waals surface area contributed by atoms with Gasteiger partial charge in [-0.2, -0.15) is 8.42 Å². The summed E-state index contributed by atoms with van der Waals surface area (Å²) in [4.78, 5) is 69.9. The lowest BCUT2D eigenvalue weighted by atomic mass is 10.0. The maximum atomic E-state index is 12.3. The van der Waals surface area contributed by atoms with Gasteiger partial charge in [-0.25, -0.2) is 9.59 Å². The zero-order chi connectivity index (χ0) is 46.7. The molecule has 3 amide bonds. The molecular formula is C41H65Cl2N3O16S. The van der Waals surface area contributed by atoms with E-state index in [4.69, 9.17) is 52.0 Å². The van der Waals surface area contributed by atoms with Gasteiger partial charge in [-0.05, 0) is 31.4 Å². The van der Waals surface area contributed by atoms with Crippen LogP contribution in [0.3, 0.4) is 0 Å². The summed E-state index contributed by atoms with van der Waals surface area (Å²) >= 11 is 11.6. The predicted molar refractivity (Wildman–Crippen MR) is 232 cm³/mol. The number of nitrogens with one attached hydrogen (secondary N) is 3. The molecule has 1 aromatic carbocycles. The smallest absolute Gasteiger partial charge is 0.337 e. The molecule has 0 aromatic heterocycles. The van der Waals surface area contributed by atoms with Gasteiger partial charge >= 0.3 is 17.9 Å². The first-order valence-electron chi connectivity index (χ1n) is 21.4. The van der Waals surface area contributed by atoms with Gasteiger partial charge in [0.25, 0.3) is 10.1 Å². The fourth-order valence-corrected chi connectivity index (χ4v) is 7.19. The first-order chi connectivity index (χ1) is 30.1. The zero-order valence-corrected chi connectivity index (χ0v) is 38.2. The van der Waals surface area contributed by atoms with E-state index in [1.807, 2.05) is 0 Å². The van der Waals surface area contributed by atoms with Crippen LogP contribution in [-0.2, 0) is 57.8 Å². The summed E-state index contributed by atoms with van der Waals surface area (Å²) in [5.74, 6) is -4.64. The van der Waals surface area contributed by atoms with E-state index in [1.54, 1.807) is 0 Å². The Morgan fingerprint density at radius 3 is 1.57 bits per heavy atom. The van der Waals surface area contributed by atoms with Crippen molar-refractivity contribution in [2.24, 2.45) is 0 Å². The second-order valence-electron chi connectivity index (χ2n) is 14.5. The quantitative estimate of drug-likeness (QED) is 0.0215. The van der Waals surface area contributed by atoms with Crippen molar-refractivity contribution in [3.05, 3.63) is 22.2 Å². The highest BCUT2D eigenvalue weighted by Gasteiger charge is 2.24. The summed E-state index contributed by atoms with van der Waals surface area (Å²) in [6.45, 7) is 0.116. The van der Waals surface area contributed by atoms with E-state index in [0.29, 0.717) is 6.42 Å². The Morgan fingerprint density at radius 1 is 0.587 bits per heavy atom. The zero-order valence-electron chi connectivity index (χ0n) is 35.8. The number of carbonyl (C=O) groups excluding carboxylic acids is 4. The Bertz CT molecular complexity index is 1640. The fourth-order valence-electron chi connectivity index (χ4n) is 5.88. The summed E-state index contributed by atoms with van der Waals surface area (Å²) in [6, 6.07) is 0.844. The maximum Gasteiger partial charge on any atom is 0.337 e. The number of amides is 3. The van der Waals surface area contributed by atoms with Crippen LogP contribution in [0.4, 0.5) is 0 Å². The maximum absolute atomic E-state index is 12.3. The molecule has 0 heterocycles. The fraction of sp³-hybridized carbons (Fsp3) is 0.707. The molecule has 19 nitrogen and oxygen atoms in total. The van der Waals surface area contributed by atoms with Gasteiger partial charge in [0.1, 0.15) is 24.2 Å². The second-order valence-corrected chi connectivity index (χ2v) is 16.8. The number of hydrogen-bond acceptors (Lipinski definition) is 13. The molecule has 360 valence electrons. The minimum absolute atomic E-state index is 0.0343. The number of carbonyl (C=O) groups is 6. The van der Waals surface area contributed by atoms with Crippen molar-refractivity contribution in [3.8, 4) is 5.75 Å². The van der Waals surface area contributed by atoms with E-state index in [2.05, 4.69) is 16.0 Å². The van der Waals surface area contributed by atoms with Crippen molar-refractivity contribution in [2.45, 2.75) is 127 Å². The normalized spacial score (nSPS) is 11.8. The average Bonchev–Trinajstić information content (AvgIpc) is 3.21. The molecule has 0 radical (unpaired) electrons. The van der Waals surface area contributed by atoms with Crippen molar-refractivity contribution in [1.82, 2.24) is 16.0 Å². The molecule has 1 atom stereocenters. The summed E-state index contributed by atoms with van der Waals surface area (Å²) < 4.78 is 58.4. The number of halogens is 2. The van der Waals surface area contributed by atoms with Crippen LogP contribution >= 0.6 is 23.2 Å². The van der Waals surface area contributed by atoms with E-state index < -0.39 is 57.2 Å². The van der Waals surface area contributed by atoms with Crippen LogP contribution in [0.2, 0.25) is 10.0 Å². The first kappa shape index (κ1) is 57.4. The summed E-state index contributed by atoms with van der Waals surface area (Å²) in [7, 11) is -4.78. The Morgan fingerprint density at radius 2 is 1.06 bits per heavy atom. The van der Waals surface area contributed by atoms with Crippen LogP contribution in [0.5, 0.6) is 5.75 Å². The van der Waals surface area contributed by atoms with E-state index in [0.717, 1.165) is 57.1 Å². The van der Waals surface area contributed by atoms with E-state index in [9.17, 15) is 46.8 Å². The van der Waals surface area contributed by atoms with E-state index >= 15 is 0 Å². The molecule has 0 aliphatic rings. The predicted octanol–water partition coefficient (Wildman–Crippen LogP) is 5.12. The van der Waals surface area contributed by atoms with Crippen LogP contribution in [0.25, 0.3) is 0 Å². The van der Waals surface area contributed by atoms with Gasteiger partial charge in [-0.1, -0.05) is 100 Å². The molecule has 0 saturated carbocycles. The molecule has 0 aliphatic carbocycles. The highest BCUT2D eigenvalue weighted by Crippen LogP contribution is 2.35. The van der Waals surface area contributed by atoms with Crippen LogP contribution in [0.15, 0.2) is 17.0 Å². The number of hydrogen-bond donors (Lipinski definition) is 6. The van der Waals surface area contributed by atoms with Crippen molar-refractivity contribution in [3.63, 3.8) is 0 Å². The number of ether oxygens (including phenoxy) is 5. The summed E-state index contributed by atoms with van der Waals surface area (Å²) in [5, 5.41) is 25.5. The number of carboxylic acid groups (broad SMARTS) is 2. The lowest BCUT2D eigenvalue weighted by Crippen LogP contribution is -2.41. The molecule has 1 aromatic rings. The molecule has 6 N–H and O–H groups in total. The third-order valence-electron chi connectivity index (χ3n) is 9.14. The highest BCUT2D eigenvalue weighted by molar-refractivity contribution is 7.86. The second kappa shape index (κ2) is 35.7. The Balaban J connectivity index is 1.98. The topological polar surface area (TPSA) is 279 Å². The van der Waals surface area contributed by atoms with Crippen molar-refractivity contribution in [2.75, 3.05) is 65.9 Å². The number of carboxylic acids is 2.